The zero-order valence-electron chi connectivity index (χ0n) is 15.8. The number of hydrogen-bond acceptors (Lipinski definition) is 4. The van der Waals surface area contributed by atoms with Gasteiger partial charge in [0, 0.05) is 25.3 Å². The van der Waals surface area contributed by atoms with Gasteiger partial charge in [0.15, 0.2) is 6.10 Å². The van der Waals surface area contributed by atoms with Crippen LogP contribution in [-0.2, 0) is 22.4 Å². The number of nitrogens with zero attached hydrogens (tertiary/aromatic N) is 1. The second-order valence-corrected chi connectivity index (χ2v) is 6.70. The van der Waals surface area contributed by atoms with E-state index in [2.05, 4.69) is 29.2 Å². The molecule has 0 radical (unpaired) electrons. The fraction of sp³-hybridized carbons (Fsp3) is 0.409. The highest BCUT2D eigenvalue weighted by atomic mass is 16.5. The quantitative estimate of drug-likeness (QED) is 0.732. The lowest BCUT2D eigenvalue weighted by Crippen LogP contribution is -2.33. The van der Waals surface area contributed by atoms with Crippen molar-refractivity contribution in [2.75, 3.05) is 31.2 Å². The predicted molar refractivity (Wildman–Crippen MR) is 106 cm³/mol. The summed E-state index contributed by atoms with van der Waals surface area (Å²) in [6.07, 6.45) is 1.87. The number of aliphatic carboxylic acids is 1. The van der Waals surface area contributed by atoms with Crippen molar-refractivity contribution in [1.82, 2.24) is 0 Å². The van der Waals surface area contributed by atoms with Crippen LogP contribution in [0.1, 0.15) is 24.5 Å². The van der Waals surface area contributed by atoms with E-state index in [1.54, 1.807) is 6.92 Å². The molecule has 0 aliphatic carbocycles. The first-order valence-electron chi connectivity index (χ1n) is 9.56. The lowest BCUT2D eigenvalue weighted by Gasteiger charge is -2.31. The summed E-state index contributed by atoms with van der Waals surface area (Å²) >= 11 is 0. The molecule has 144 valence electrons. The first kappa shape index (κ1) is 19.2. The first-order valence-corrected chi connectivity index (χ1v) is 9.56. The molecule has 27 heavy (non-hydrogen) atoms. The Morgan fingerprint density at radius 1 is 1.19 bits per heavy atom. The van der Waals surface area contributed by atoms with Crippen molar-refractivity contribution in [3.63, 3.8) is 0 Å². The van der Waals surface area contributed by atoms with Gasteiger partial charge in [0.1, 0.15) is 12.4 Å². The highest BCUT2D eigenvalue weighted by Gasteiger charge is 2.18. The molecular weight excluding hydrogens is 342 g/mol. The van der Waals surface area contributed by atoms with E-state index in [9.17, 15) is 9.90 Å². The Kier molecular flexibility index (Phi) is 6.71. The molecule has 0 bridgehead atoms. The maximum absolute atomic E-state index is 11.2. The number of para-hydroxylation sites is 1. The van der Waals surface area contributed by atoms with Crippen molar-refractivity contribution < 1.29 is 19.4 Å². The average Bonchev–Trinajstić information content (AvgIpc) is 2.69. The number of hydrogen-bond donors (Lipinski definition) is 1. The van der Waals surface area contributed by atoms with Crippen LogP contribution in [0.15, 0.2) is 48.5 Å². The largest absolute Gasteiger partial charge is 0.492 e. The standard InChI is InChI=1S/C22H27NO4/c1-2-26-21(22(24)25)16-17-9-11-19(12-10-17)27-15-14-23-13-5-7-18-6-3-4-8-20(18)23/h3-4,6,8-12,21H,2,5,7,13-16H2,1H3,(H,24,25). The molecular formula is C22H27NO4. The van der Waals surface area contributed by atoms with Crippen LogP contribution >= 0.6 is 0 Å². The predicted octanol–water partition coefficient (Wildman–Crippen LogP) is 3.55. The van der Waals surface area contributed by atoms with Gasteiger partial charge in [0.05, 0.1) is 6.54 Å². The number of anilines is 1. The summed E-state index contributed by atoms with van der Waals surface area (Å²) in [5.41, 5.74) is 3.65. The smallest absolute Gasteiger partial charge is 0.333 e. The van der Waals surface area contributed by atoms with Crippen molar-refractivity contribution >= 4 is 11.7 Å². The summed E-state index contributed by atoms with van der Waals surface area (Å²) in [5, 5.41) is 9.18. The van der Waals surface area contributed by atoms with Crippen LogP contribution in [0.4, 0.5) is 5.69 Å². The van der Waals surface area contributed by atoms with Crippen LogP contribution in [-0.4, -0.2) is 43.5 Å². The van der Waals surface area contributed by atoms with E-state index in [0.717, 1.165) is 30.8 Å². The number of aryl methyl sites for hydroxylation is 1. The van der Waals surface area contributed by atoms with E-state index >= 15 is 0 Å². The number of carbonyl (C=O) groups is 1. The fourth-order valence-corrected chi connectivity index (χ4v) is 3.47. The zero-order valence-corrected chi connectivity index (χ0v) is 15.8. The van der Waals surface area contributed by atoms with Gasteiger partial charge in [0.2, 0.25) is 0 Å². The molecule has 0 spiro atoms. The molecule has 1 N–H and O–H groups in total. The van der Waals surface area contributed by atoms with Crippen LogP contribution in [0.2, 0.25) is 0 Å². The lowest BCUT2D eigenvalue weighted by atomic mass is 10.0. The summed E-state index contributed by atoms with van der Waals surface area (Å²) in [7, 11) is 0. The summed E-state index contributed by atoms with van der Waals surface area (Å²) in [6, 6.07) is 16.2. The van der Waals surface area contributed by atoms with Gasteiger partial charge in [-0.3, -0.25) is 0 Å². The number of carboxylic acids is 1. The second kappa shape index (κ2) is 9.42. The molecule has 0 aromatic heterocycles. The molecule has 1 atom stereocenters. The van der Waals surface area contributed by atoms with Gasteiger partial charge in [-0.15, -0.1) is 0 Å². The Balaban J connectivity index is 1.50. The maximum atomic E-state index is 11.2. The third-order valence-electron chi connectivity index (χ3n) is 4.82. The summed E-state index contributed by atoms with van der Waals surface area (Å²) in [4.78, 5) is 13.6. The normalized spacial score (nSPS) is 14.5. The van der Waals surface area contributed by atoms with E-state index in [0.29, 0.717) is 19.6 Å². The highest BCUT2D eigenvalue weighted by molar-refractivity contribution is 5.72. The second-order valence-electron chi connectivity index (χ2n) is 6.70. The van der Waals surface area contributed by atoms with Crippen molar-refractivity contribution in [3.05, 3.63) is 59.7 Å². The van der Waals surface area contributed by atoms with Crippen LogP contribution in [0.25, 0.3) is 0 Å². The third kappa shape index (κ3) is 5.23. The number of ether oxygens (including phenoxy) is 2. The van der Waals surface area contributed by atoms with Crippen LogP contribution in [0, 0.1) is 0 Å². The molecule has 0 saturated heterocycles. The molecule has 5 nitrogen and oxygen atoms in total. The Morgan fingerprint density at radius 2 is 1.96 bits per heavy atom. The summed E-state index contributed by atoms with van der Waals surface area (Å²) in [5.74, 6) is -0.133. The molecule has 0 fully saturated rings. The molecule has 3 rings (SSSR count). The molecule has 1 heterocycles. The third-order valence-corrected chi connectivity index (χ3v) is 4.82. The van der Waals surface area contributed by atoms with Gasteiger partial charge in [-0.1, -0.05) is 30.3 Å². The van der Waals surface area contributed by atoms with E-state index in [1.165, 1.54) is 17.7 Å². The minimum Gasteiger partial charge on any atom is -0.492 e. The van der Waals surface area contributed by atoms with Gasteiger partial charge < -0.3 is 19.5 Å². The number of carboxylic acid groups (broad SMARTS) is 1. The van der Waals surface area contributed by atoms with E-state index < -0.39 is 12.1 Å². The number of rotatable bonds is 9. The van der Waals surface area contributed by atoms with Gasteiger partial charge in [-0.25, -0.2) is 4.79 Å². The van der Waals surface area contributed by atoms with Gasteiger partial charge in [-0.2, -0.15) is 0 Å². The minimum atomic E-state index is -0.931. The Labute approximate surface area is 160 Å². The molecule has 5 heteroatoms. The average molecular weight is 369 g/mol. The molecule has 0 saturated carbocycles. The molecule has 1 aliphatic heterocycles. The van der Waals surface area contributed by atoms with Crippen molar-refractivity contribution in [2.45, 2.75) is 32.3 Å². The van der Waals surface area contributed by atoms with Crippen LogP contribution in [0.3, 0.4) is 0 Å². The highest BCUT2D eigenvalue weighted by Crippen LogP contribution is 2.26. The van der Waals surface area contributed by atoms with Crippen LogP contribution < -0.4 is 9.64 Å². The Hall–Kier alpha value is -2.53. The van der Waals surface area contributed by atoms with Crippen molar-refractivity contribution in [1.29, 1.82) is 0 Å². The van der Waals surface area contributed by atoms with Gasteiger partial charge >= 0.3 is 5.97 Å². The maximum Gasteiger partial charge on any atom is 0.333 e. The summed E-state index contributed by atoms with van der Waals surface area (Å²) in [6.45, 7) is 4.72. The van der Waals surface area contributed by atoms with Crippen LogP contribution in [0.5, 0.6) is 5.75 Å². The van der Waals surface area contributed by atoms with Gasteiger partial charge in [0.25, 0.3) is 0 Å². The summed E-state index contributed by atoms with van der Waals surface area (Å²) < 4.78 is 11.2. The molecule has 2 aromatic carbocycles. The molecule has 1 aliphatic rings. The Morgan fingerprint density at radius 3 is 2.70 bits per heavy atom. The number of fused-ring (bicyclic) bond motifs is 1. The molecule has 1 unspecified atom stereocenters. The fourth-order valence-electron chi connectivity index (χ4n) is 3.47. The SMILES string of the molecule is CCOC(Cc1ccc(OCCN2CCCc3ccccc32)cc1)C(=O)O. The monoisotopic (exact) mass is 369 g/mol. The number of benzene rings is 2. The van der Waals surface area contributed by atoms with Gasteiger partial charge in [-0.05, 0) is 49.1 Å². The lowest BCUT2D eigenvalue weighted by molar-refractivity contribution is -0.149. The topological polar surface area (TPSA) is 59.0 Å². The van der Waals surface area contributed by atoms with Crippen molar-refractivity contribution in [3.8, 4) is 5.75 Å². The zero-order chi connectivity index (χ0) is 19.1. The van der Waals surface area contributed by atoms with E-state index in [1.807, 2.05) is 24.3 Å². The van der Waals surface area contributed by atoms with E-state index in [-0.39, 0.29) is 0 Å². The molecule has 0 amide bonds. The Bertz CT molecular complexity index is 744. The minimum absolute atomic E-state index is 0.355. The van der Waals surface area contributed by atoms with Crippen molar-refractivity contribution in [2.24, 2.45) is 0 Å². The molecule has 2 aromatic rings. The first-order chi connectivity index (χ1) is 13.2. The van der Waals surface area contributed by atoms with E-state index in [4.69, 9.17) is 9.47 Å².